The Hall–Kier alpha value is -3.33. The second kappa shape index (κ2) is 9.44. The topological polar surface area (TPSA) is 80.9 Å². The lowest BCUT2D eigenvalue weighted by atomic mass is 9.99. The van der Waals surface area contributed by atoms with Crippen LogP contribution in [0.15, 0.2) is 59.8 Å². The molecule has 0 amide bonds. The van der Waals surface area contributed by atoms with Crippen LogP contribution < -0.4 is 4.74 Å². The van der Waals surface area contributed by atoms with Crippen molar-refractivity contribution < 1.29 is 19.1 Å². The van der Waals surface area contributed by atoms with Crippen molar-refractivity contribution in [3.8, 4) is 17.6 Å². The number of nitriles is 1. The van der Waals surface area contributed by atoms with Gasteiger partial charge < -0.3 is 14.3 Å². The Morgan fingerprint density at radius 3 is 2.50 bits per heavy atom. The first-order valence-electron chi connectivity index (χ1n) is 10.7. The van der Waals surface area contributed by atoms with Gasteiger partial charge in [0.25, 0.3) is 0 Å². The van der Waals surface area contributed by atoms with E-state index < -0.39 is 12.1 Å². The molecule has 0 heterocycles. The van der Waals surface area contributed by atoms with Crippen LogP contribution in [-0.4, -0.2) is 18.8 Å². The molecule has 6 heteroatoms. The molecule has 1 aliphatic rings. The monoisotopic (exact) mass is 434 g/mol. The number of benzene rings is 2. The summed E-state index contributed by atoms with van der Waals surface area (Å²) in [6, 6.07) is 18.5. The molecule has 1 saturated carbocycles. The molecule has 1 unspecified atom stereocenters. The number of rotatable bonds is 8. The highest BCUT2D eigenvalue weighted by Gasteiger charge is 2.62. The summed E-state index contributed by atoms with van der Waals surface area (Å²) in [5.74, 6) is 0.373. The van der Waals surface area contributed by atoms with Crippen molar-refractivity contribution in [2.45, 2.75) is 40.7 Å². The third-order valence-electron chi connectivity index (χ3n) is 5.45. The molecule has 0 saturated heterocycles. The zero-order valence-electron chi connectivity index (χ0n) is 19.2. The van der Waals surface area contributed by atoms with E-state index in [0.717, 1.165) is 0 Å². The first-order valence-corrected chi connectivity index (χ1v) is 10.7. The second-order valence-corrected chi connectivity index (χ2v) is 9.85. The molecule has 32 heavy (non-hydrogen) atoms. The van der Waals surface area contributed by atoms with Crippen molar-refractivity contribution in [1.82, 2.24) is 0 Å². The van der Waals surface area contributed by atoms with Gasteiger partial charge in [0.15, 0.2) is 0 Å². The van der Waals surface area contributed by atoms with Crippen molar-refractivity contribution in [3.63, 3.8) is 0 Å². The average molecular weight is 435 g/mol. The predicted octanol–water partition coefficient (Wildman–Crippen LogP) is 5.91. The van der Waals surface area contributed by atoms with Crippen molar-refractivity contribution in [3.05, 3.63) is 60.2 Å². The van der Waals surface area contributed by atoms with Gasteiger partial charge in [-0.05, 0) is 35.1 Å². The largest absolute Gasteiger partial charge is 0.457 e. The fourth-order valence-corrected chi connectivity index (χ4v) is 3.47. The normalized spacial score (nSPS) is 20.2. The summed E-state index contributed by atoms with van der Waals surface area (Å²) in [6.07, 6.45) is 0.654. The molecule has 0 radical (unpaired) electrons. The maximum atomic E-state index is 12.8. The van der Waals surface area contributed by atoms with Gasteiger partial charge in [0.05, 0.1) is 5.92 Å². The van der Waals surface area contributed by atoms with E-state index in [0.29, 0.717) is 23.7 Å². The molecule has 168 valence electrons. The van der Waals surface area contributed by atoms with E-state index in [4.69, 9.17) is 14.3 Å². The molecule has 0 aliphatic heterocycles. The Bertz CT molecular complexity index is 1000. The first-order chi connectivity index (χ1) is 15.1. The Labute approximate surface area is 189 Å². The van der Waals surface area contributed by atoms with Crippen LogP contribution in [0.2, 0.25) is 0 Å². The van der Waals surface area contributed by atoms with Crippen LogP contribution in [0, 0.1) is 34.0 Å². The minimum atomic E-state index is -1.02. The lowest BCUT2D eigenvalue weighted by Crippen LogP contribution is -2.15. The number of nitrogens with zero attached hydrogens (tertiary/aromatic N) is 2. The summed E-state index contributed by atoms with van der Waals surface area (Å²) in [5, 5.41) is 13.7. The van der Waals surface area contributed by atoms with Crippen LogP contribution in [0.3, 0.4) is 0 Å². The van der Waals surface area contributed by atoms with Crippen molar-refractivity contribution in [1.29, 1.82) is 5.26 Å². The van der Waals surface area contributed by atoms with Crippen LogP contribution in [-0.2, 0) is 14.4 Å². The Morgan fingerprint density at radius 1 is 1.16 bits per heavy atom. The van der Waals surface area contributed by atoms with E-state index in [9.17, 15) is 10.1 Å². The molecule has 0 spiro atoms. The molecule has 6 nitrogen and oxygen atoms in total. The fourth-order valence-electron chi connectivity index (χ4n) is 3.47. The van der Waals surface area contributed by atoms with Gasteiger partial charge in [-0.1, -0.05) is 70.1 Å². The number of carbonyl (C=O) groups excluding carboxylic acids is 1. The molecular formula is C26H30N2O4. The van der Waals surface area contributed by atoms with Gasteiger partial charge in [-0.25, -0.2) is 0 Å². The molecule has 0 aromatic heterocycles. The predicted molar refractivity (Wildman–Crippen MR) is 122 cm³/mol. The maximum absolute atomic E-state index is 12.8. The Balaban J connectivity index is 1.63. The highest BCUT2D eigenvalue weighted by molar-refractivity contribution is 5.85. The van der Waals surface area contributed by atoms with Gasteiger partial charge >= 0.3 is 5.97 Å². The third-order valence-corrected chi connectivity index (χ3v) is 5.45. The molecule has 1 aliphatic carbocycles. The number of para-hydroxylation sites is 1. The van der Waals surface area contributed by atoms with E-state index in [1.807, 2.05) is 44.2 Å². The molecule has 2 aromatic rings. The number of oxime groups is 1. The van der Waals surface area contributed by atoms with E-state index in [1.54, 1.807) is 30.5 Å². The SMILES string of the molecule is CC(C)(C)CON=C[C@H]1[C@@H](C(=O)OC(C#N)c2cccc(Oc3ccccc3)c2)C1(C)C. The smallest absolute Gasteiger partial charge is 0.311 e. The minimum absolute atomic E-state index is 0.00746. The van der Waals surface area contributed by atoms with Gasteiger partial charge in [-0.15, -0.1) is 0 Å². The molecule has 0 bridgehead atoms. The number of ether oxygens (including phenoxy) is 2. The lowest BCUT2D eigenvalue weighted by molar-refractivity contribution is -0.149. The van der Waals surface area contributed by atoms with Crippen molar-refractivity contribution in [2.75, 3.05) is 6.61 Å². The zero-order chi connectivity index (χ0) is 23.4. The van der Waals surface area contributed by atoms with Crippen molar-refractivity contribution in [2.24, 2.45) is 27.8 Å². The number of hydrogen-bond donors (Lipinski definition) is 0. The minimum Gasteiger partial charge on any atom is -0.457 e. The fraction of sp³-hybridized carbons (Fsp3) is 0.423. The van der Waals surface area contributed by atoms with Crippen LogP contribution in [0.5, 0.6) is 11.5 Å². The lowest BCUT2D eigenvalue weighted by Gasteiger charge is -2.15. The van der Waals surface area contributed by atoms with Crippen LogP contribution in [0.25, 0.3) is 0 Å². The molecule has 2 aromatic carbocycles. The number of hydrogen-bond acceptors (Lipinski definition) is 6. The summed E-state index contributed by atoms with van der Waals surface area (Å²) < 4.78 is 11.4. The van der Waals surface area contributed by atoms with E-state index >= 15 is 0 Å². The van der Waals surface area contributed by atoms with Crippen LogP contribution >= 0.6 is 0 Å². The highest BCUT2D eigenvalue weighted by Crippen LogP contribution is 2.58. The quantitative estimate of drug-likeness (QED) is 0.293. The van der Waals surface area contributed by atoms with Crippen LogP contribution in [0.1, 0.15) is 46.3 Å². The van der Waals surface area contributed by atoms with E-state index in [2.05, 4.69) is 32.0 Å². The summed E-state index contributed by atoms with van der Waals surface area (Å²) in [7, 11) is 0. The summed E-state index contributed by atoms with van der Waals surface area (Å²) >= 11 is 0. The van der Waals surface area contributed by atoms with Gasteiger partial charge in [0.1, 0.15) is 24.2 Å². The molecule has 1 fully saturated rings. The average Bonchev–Trinajstić information content (AvgIpc) is 3.30. The zero-order valence-corrected chi connectivity index (χ0v) is 19.2. The van der Waals surface area contributed by atoms with Crippen LogP contribution in [0.4, 0.5) is 0 Å². The number of esters is 1. The third kappa shape index (κ3) is 5.88. The standard InChI is InChI=1S/C26H30N2O4/c1-25(2,3)17-30-28-16-21-23(26(21,4)5)24(29)32-22(15-27)18-10-9-13-20(14-18)31-19-11-7-6-8-12-19/h6-14,16,21-23H,17H2,1-5H3/t21-,22?,23-/m0/s1. The molecule has 3 rings (SSSR count). The molecular weight excluding hydrogens is 404 g/mol. The summed E-state index contributed by atoms with van der Waals surface area (Å²) in [6.45, 7) is 10.6. The molecule has 3 atom stereocenters. The van der Waals surface area contributed by atoms with Gasteiger partial charge in [0.2, 0.25) is 6.10 Å². The summed E-state index contributed by atoms with van der Waals surface area (Å²) in [4.78, 5) is 18.2. The van der Waals surface area contributed by atoms with E-state index in [-0.39, 0.29) is 22.7 Å². The Kier molecular flexibility index (Phi) is 6.88. The van der Waals surface area contributed by atoms with Gasteiger partial charge in [0, 0.05) is 17.7 Å². The summed E-state index contributed by atoms with van der Waals surface area (Å²) in [5.41, 5.74) is 0.267. The molecule has 0 N–H and O–H groups in total. The van der Waals surface area contributed by atoms with Gasteiger partial charge in [-0.3, -0.25) is 4.79 Å². The second-order valence-electron chi connectivity index (χ2n) is 9.85. The van der Waals surface area contributed by atoms with Crippen molar-refractivity contribution >= 4 is 12.2 Å². The van der Waals surface area contributed by atoms with E-state index in [1.165, 1.54) is 0 Å². The highest BCUT2D eigenvalue weighted by atomic mass is 16.6. The first kappa shape index (κ1) is 23.3. The Morgan fingerprint density at radius 2 is 1.84 bits per heavy atom. The maximum Gasteiger partial charge on any atom is 0.311 e. The van der Waals surface area contributed by atoms with Gasteiger partial charge in [-0.2, -0.15) is 5.26 Å². The number of carbonyl (C=O) groups is 1.